The van der Waals surface area contributed by atoms with Gasteiger partial charge in [0.15, 0.2) is 0 Å². The molecule has 2 rings (SSSR count). The third-order valence-electron chi connectivity index (χ3n) is 3.63. The predicted molar refractivity (Wildman–Crippen MR) is 96.4 cm³/mol. The van der Waals surface area contributed by atoms with Gasteiger partial charge in [-0.2, -0.15) is 0 Å². The van der Waals surface area contributed by atoms with E-state index in [4.69, 9.17) is 0 Å². The number of thioether (sulfide) groups is 1. The van der Waals surface area contributed by atoms with Crippen LogP contribution >= 0.6 is 11.8 Å². The average molecular weight is 315 g/mol. The fraction of sp³-hybridized carbons (Fsp3) is 0.389. The van der Waals surface area contributed by atoms with Gasteiger partial charge in [0.25, 0.3) is 0 Å². The highest BCUT2D eigenvalue weighted by molar-refractivity contribution is 7.98. The molecule has 0 saturated carbocycles. The summed E-state index contributed by atoms with van der Waals surface area (Å²) in [5.74, 6) is 0.973. The van der Waals surface area contributed by atoms with Crippen molar-refractivity contribution in [2.24, 2.45) is 0 Å². The summed E-state index contributed by atoms with van der Waals surface area (Å²) in [6.07, 6.45) is 5.10. The Morgan fingerprint density at radius 1 is 1.14 bits per heavy atom. The topological polar surface area (TPSA) is 28.2 Å². The zero-order chi connectivity index (χ0) is 15.8. The van der Waals surface area contributed by atoms with Crippen LogP contribution < -0.4 is 5.32 Å². The zero-order valence-corrected chi connectivity index (χ0v) is 14.5. The van der Waals surface area contributed by atoms with Crippen LogP contribution in [-0.4, -0.2) is 29.7 Å². The largest absolute Gasteiger partial charge is 0.373 e. The predicted octanol–water partition coefficient (Wildman–Crippen LogP) is 4.26. The van der Waals surface area contributed by atoms with Gasteiger partial charge in [-0.25, -0.2) is 4.98 Å². The van der Waals surface area contributed by atoms with E-state index in [2.05, 4.69) is 58.7 Å². The number of nitrogens with zero attached hydrogens (tertiary/aromatic N) is 2. The first-order valence-corrected chi connectivity index (χ1v) is 8.96. The number of nitrogens with one attached hydrogen (secondary N) is 1. The van der Waals surface area contributed by atoms with E-state index >= 15 is 0 Å². The maximum atomic E-state index is 4.40. The normalized spacial score (nSPS) is 10.9. The van der Waals surface area contributed by atoms with E-state index in [0.717, 1.165) is 31.9 Å². The summed E-state index contributed by atoms with van der Waals surface area (Å²) in [7, 11) is 1.93. The van der Waals surface area contributed by atoms with Crippen molar-refractivity contribution in [3.05, 3.63) is 53.7 Å². The number of aromatic nitrogens is 1. The van der Waals surface area contributed by atoms with Crippen molar-refractivity contribution in [1.82, 2.24) is 9.88 Å². The lowest BCUT2D eigenvalue weighted by molar-refractivity contribution is 0.257. The molecule has 0 unspecified atom stereocenters. The molecule has 0 radical (unpaired) electrons. The van der Waals surface area contributed by atoms with E-state index in [1.165, 1.54) is 16.0 Å². The Morgan fingerprint density at radius 3 is 2.55 bits per heavy atom. The molecule has 1 aromatic carbocycles. The number of rotatable bonds is 8. The van der Waals surface area contributed by atoms with Crippen LogP contribution in [0.2, 0.25) is 0 Å². The standard InChI is InChI=1S/C18H25N3S/c1-4-12-21(13-15-7-9-17(22-3)10-8-15)14-16-6-5-11-20-18(16)19-2/h5-11H,4,12-14H2,1-3H3,(H,19,20). The zero-order valence-electron chi connectivity index (χ0n) is 13.7. The molecule has 0 aliphatic heterocycles. The second-order valence-electron chi connectivity index (χ2n) is 5.32. The molecular formula is C18H25N3S. The van der Waals surface area contributed by atoms with Crippen LogP contribution in [-0.2, 0) is 13.1 Å². The SMILES string of the molecule is CCCN(Cc1ccc(SC)cc1)Cc1cccnc1NC. The molecule has 0 saturated heterocycles. The van der Waals surface area contributed by atoms with E-state index < -0.39 is 0 Å². The second kappa shape index (κ2) is 8.81. The molecule has 22 heavy (non-hydrogen) atoms. The van der Waals surface area contributed by atoms with E-state index in [9.17, 15) is 0 Å². The quantitative estimate of drug-likeness (QED) is 0.737. The lowest BCUT2D eigenvalue weighted by Crippen LogP contribution is -2.24. The molecule has 2 aromatic rings. The molecule has 118 valence electrons. The number of hydrogen-bond donors (Lipinski definition) is 1. The number of hydrogen-bond acceptors (Lipinski definition) is 4. The van der Waals surface area contributed by atoms with Crippen LogP contribution in [0.15, 0.2) is 47.5 Å². The van der Waals surface area contributed by atoms with Crippen LogP contribution in [0.5, 0.6) is 0 Å². The Balaban J connectivity index is 2.08. The van der Waals surface area contributed by atoms with Crippen LogP contribution in [0.1, 0.15) is 24.5 Å². The maximum absolute atomic E-state index is 4.40. The van der Waals surface area contributed by atoms with E-state index in [1.54, 1.807) is 11.8 Å². The number of anilines is 1. The van der Waals surface area contributed by atoms with E-state index in [-0.39, 0.29) is 0 Å². The van der Waals surface area contributed by atoms with Gasteiger partial charge in [0.2, 0.25) is 0 Å². The summed E-state index contributed by atoms with van der Waals surface area (Å²) >= 11 is 1.78. The minimum atomic E-state index is 0.919. The molecule has 0 spiro atoms. The summed E-state index contributed by atoms with van der Waals surface area (Å²) in [6.45, 7) is 5.21. The Kier molecular flexibility index (Phi) is 6.74. The minimum Gasteiger partial charge on any atom is -0.373 e. The van der Waals surface area contributed by atoms with Crippen molar-refractivity contribution in [3.8, 4) is 0 Å². The van der Waals surface area contributed by atoms with Gasteiger partial charge >= 0.3 is 0 Å². The van der Waals surface area contributed by atoms with Crippen molar-refractivity contribution in [1.29, 1.82) is 0 Å². The molecule has 3 nitrogen and oxygen atoms in total. The van der Waals surface area contributed by atoms with Crippen molar-refractivity contribution in [2.75, 3.05) is 25.2 Å². The lowest BCUT2D eigenvalue weighted by Gasteiger charge is -2.23. The van der Waals surface area contributed by atoms with Gasteiger partial charge in [0.05, 0.1) is 0 Å². The lowest BCUT2D eigenvalue weighted by atomic mass is 10.1. The third kappa shape index (κ3) is 4.75. The molecule has 1 heterocycles. The molecule has 1 aromatic heterocycles. The number of pyridine rings is 1. The highest BCUT2D eigenvalue weighted by atomic mass is 32.2. The third-order valence-corrected chi connectivity index (χ3v) is 4.37. The van der Waals surface area contributed by atoms with Crippen molar-refractivity contribution in [2.45, 2.75) is 31.3 Å². The van der Waals surface area contributed by atoms with Crippen LogP contribution in [0.25, 0.3) is 0 Å². The van der Waals surface area contributed by atoms with Gasteiger partial charge in [-0.3, -0.25) is 4.90 Å². The summed E-state index contributed by atoms with van der Waals surface area (Å²) < 4.78 is 0. The minimum absolute atomic E-state index is 0.919. The first-order chi connectivity index (χ1) is 10.8. The van der Waals surface area contributed by atoms with E-state index in [0.29, 0.717) is 0 Å². The average Bonchev–Trinajstić information content (AvgIpc) is 2.56. The van der Waals surface area contributed by atoms with Gasteiger partial charge in [-0.15, -0.1) is 11.8 Å². The summed E-state index contributed by atoms with van der Waals surface area (Å²) in [5.41, 5.74) is 2.61. The Morgan fingerprint density at radius 2 is 1.91 bits per heavy atom. The summed E-state index contributed by atoms with van der Waals surface area (Å²) in [5, 5.41) is 3.18. The summed E-state index contributed by atoms with van der Waals surface area (Å²) in [4.78, 5) is 8.19. The smallest absolute Gasteiger partial charge is 0.130 e. The molecule has 4 heteroatoms. The monoisotopic (exact) mass is 315 g/mol. The molecule has 0 bridgehead atoms. The maximum Gasteiger partial charge on any atom is 0.130 e. The summed E-state index contributed by atoms with van der Waals surface area (Å²) in [6, 6.07) is 13.0. The van der Waals surface area contributed by atoms with Crippen molar-refractivity contribution < 1.29 is 0 Å². The Hall–Kier alpha value is -1.52. The van der Waals surface area contributed by atoms with Gasteiger partial charge in [-0.05, 0) is 43.0 Å². The fourth-order valence-electron chi connectivity index (χ4n) is 2.55. The van der Waals surface area contributed by atoms with Crippen LogP contribution in [0.3, 0.4) is 0 Å². The van der Waals surface area contributed by atoms with Crippen molar-refractivity contribution in [3.63, 3.8) is 0 Å². The van der Waals surface area contributed by atoms with Gasteiger partial charge in [0, 0.05) is 36.8 Å². The Bertz CT molecular complexity index is 569. The van der Waals surface area contributed by atoms with Crippen LogP contribution in [0.4, 0.5) is 5.82 Å². The second-order valence-corrected chi connectivity index (χ2v) is 6.20. The van der Waals surface area contributed by atoms with Gasteiger partial charge in [0.1, 0.15) is 5.82 Å². The van der Waals surface area contributed by atoms with Gasteiger partial charge in [-0.1, -0.05) is 25.1 Å². The highest BCUT2D eigenvalue weighted by Gasteiger charge is 2.09. The highest BCUT2D eigenvalue weighted by Crippen LogP contribution is 2.18. The van der Waals surface area contributed by atoms with Crippen LogP contribution in [0, 0.1) is 0 Å². The molecule has 1 N–H and O–H groups in total. The van der Waals surface area contributed by atoms with E-state index in [1.807, 2.05) is 19.3 Å². The molecule has 0 aliphatic carbocycles. The fourth-order valence-corrected chi connectivity index (χ4v) is 2.96. The first kappa shape index (κ1) is 16.8. The number of benzene rings is 1. The molecule has 0 atom stereocenters. The first-order valence-electron chi connectivity index (χ1n) is 7.73. The van der Waals surface area contributed by atoms with Gasteiger partial charge < -0.3 is 5.32 Å². The Labute approximate surface area is 138 Å². The molecule has 0 fully saturated rings. The van der Waals surface area contributed by atoms with Crippen molar-refractivity contribution >= 4 is 17.6 Å². The molecule has 0 aliphatic rings. The molecular weight excluding hydrogens is 290 g/mol. The molecule has 0 amide bonds.